The molecule has 166 valence electrons. The molecular formula is C25H29N5O2. The second-order valence-electron chi connectivity index (χ2n) is 8.74. The van der Waals surface area contributed by atoms with Gasteiger partial charge in [0.25, 0.3) is 5.91 Å². The number of hydrogen-bond donors (Lipinski definition) is 3. The number of pyridine rings is 1. The Morgan fingerprint density at radius 2 is 2.06 bits per heavy atom. The van der Waals surface area contributed by atoms with Gasteiger partial charge in [-0.15, -0.1) is 0 Å². The first-order valence-corrected chi connectivity index (χ1v) is 11.5. The van der Waals surface area contributed by atoms with E-state index in [1.807, 2.05) is 23.0 Å². The van der Waals surface area contributed by atoms with Crippen LogP contribution in [0.25, 0.3) is 5.69 Å². The van der Waals surface area contributed by atoms with Crippen LogP contribution >= 0.6 is 0 Å². The molecule has 2 aliphatic rings. The molecule has 3 N–H and O–H groups in total. The number of nitrogens with one attached hydrogen (secondary N) is 2. The summed E-state index contributed by atoms with van der Waals surface area (Å²) in [6.07, 6.45) is 8.48. The number of aliphatic hydroxyl groups excluding tert-OH is 1. The molecule has 1 aromatic carbocycles. The van der Waals surface area contributed by atoms with Crippen LogP contribution in [0.5, 0.6) is 0 Å². The zero-order valence-electron chi connectivity index (χ0n) is 18.1. The van der Waals surface area contributed by atoms with Crippen LogP contribution in [0.15, 0.2) is 48.8 Å². The highest BCUT2D eigenvalue weighted by Crippen LogP contribution is 2.23. The summed E-state index contributed by atoms with van der Waals surface area (Å²) in [5.74, 6) is -0.195. The number of aromatic nitrogens is 3. The van der Waals surface area contributed by atoms with Crippen LogP contribution in [0.3, 0.4) is 0 Å². The van der Waals surface area contributed by atoms with Gasteiger partial charge in [-0.05, 0) is 73.2 Å². The van der Waals surface area contributed by atoms with Gasteiger partial charge in [-0.2, -0.15) is 5.10 Å². The molecule has 3 heterocycles. The fourth-order valence-electron chi connectivity index (χ4n) is 4.76. The Morgan fingerprint density at radius 1 is 1.22 bits per heavy atom. The van der Waals surface area contributed by atoms with Crippen LogP contribution in [0.1, 0.15) is 58.6 Å². The van der Waals surface area contributed by atoms with E-state index in [1.54, 1.807) is 6.20 Å². The molecule has 0 radical (unpaired) electrons. The lowest BCUT2D eigenvalue weighted by atomic mass is 9.92. The monoisotopic (exact) mass is 431 g/mol. The van der Waals surface area contributed by atoms with E-state index in [0.717, 1.165) is 62.0 Å². The third-order valence-electron chi connectivity index (χ3n) is 6.53. The molecule has 0 spiro atoms. The van der Waals surface area contributed by atoms with Crippen LogP contribution in [0.2, 0.25) is 0 Å². The topological polar surface area (TPSA) is 92.1 Å². The Bertz CT molecular complexity index is 1080. The smallest absolute Gasteiger partial charge is 0.270 e. The lowest BCUT2D eigenvalue weighted by Gasteiger charge is -2.28. The Morgan fingerprint density at radius 3 is 2.84 bits per heavy atom. The highest BCUT2D eigenvalue weighted by Gasteiger charge is 2.26. The van der Waals surface area contributed by atoms with Crippen LogP contribution in [-0.4, -0.2) is 44.5 Å². The second-order valence-corrected chi connectivity index (χ2v) is 8.74. The standard InChI is InChI=1S/C25H29N5O2/c31-24-5-2-1-4-21(24)29-25(32)22-15-18(20-10-12-26-16-23(20)28-22)14-17-6-8-19(9-7-17)30-13-3-11-27-30/h3,6-9,11,13,15,21,24,26,31H,1-2,4-5,10,12,14,16H2,(H,29,32)/t21-,24-/m0/s1. The van der Waals surface area contributed by atoms with E-state index in [-0.39, 0.29) is 11.9 Å². The van der Waals surface area contributed by atoms with Crippen molar-refractivity contribution in [1.29, 1.82) is 0 Å². The van der Waals surface area contributed by atoms with Gasteiger partial charge in [-0.25, -0.2) is 9.67 Å². The number of carbonyl (C=O) groups is 1. The molecule has 1 saturated carbocycles. The van der Waals surface area contributed by atoms with Crippen LogP contribution in [0, 0.1) is 0 Å². The molecule has 1 fully saturated rings. The van der Waals surface area contributed by atoms with E-state index in [2.05, 4.69) is 45.0 Å². The maximum atomic E-state index is 13.0. The van der Waals surface area contributed by atoms with Gasteiger partial charge >= 0.3 is 0 Å². The summed E-state index contributed by atoms with van der Waals surface area (Å²) in [4.78, 5) is 17.7. The summed E-state index contributed by atoms with van der Waals surface area (Å²) in [5, 5.41) is 20.9. The summed E-state index contributed by atoms with van der Waals surface area (Å²) in [6, 6.07) is 12.0. The first-order valence-electron chi connectivity index (χ1n) is 11.5. The molecule has 32 heavy (non-hydrogen) atoms. The van der Waals surface area contributed by atoms with E-state index < -0.39 is 6.10 Å². The van der Waals surface area contributed by atoms with Gasteiger partial charge in [0.2, 0.25) is 0 Å². The Balaban J connectivity index is 1.39. The number of hydrogen-bond acceptors (Lipinski definition) is 5. The van der Waals surface area contributed by atoms with E-state index in [4.69, 9.17) is 0 Å². The quantitative estimate of drug-likeness (QED) is 0.577. The zero-order chi connectivity index (χ0) is 21.9. The minimum atomic E-state index is -0.472. The van der Waals surface area contributed by atoms with Crippen molar-refractivity contribution in [1.82, 2.24) is 25.4 Å². The summed E-state index contributed by atoms with van der Waals surface area (Å²) in [7, 11) is 0. The van der Waals surface area contributed by atoms with Crippen LogP contribution < -0.4 is 10.6 Å². The molecule has 5 rings (SSSR count). The van der Waals surface area contributed by atoms with Crippen LogP contribution in [0.4, 0.5) is 0 Å². The van der Waals surface area contributed by atoms with Crippen molar-refractivity contribution < 1.29 is 9.90 Å². The van der Waals surface area contributed by atoms with E-state index in [0.29, 0.717) is 12.2 Å². The molecule has 7 heteroatoms. The third kappa shape index (κ3) is 4.45. The fourth-order valence-corrected chi connectivity index (χ4v) is 4.76. The molecule has 2 atom stereocenters. The maximum absolute atomic E-state index is 13.0. The highest BCUT2D eigenvalue weighted by atomic mass is 16.3. The molecule has 1 aliphatic carbocycles. The predicted octanol–water partition coefficient (Wildman–Crippen LogP) is 2.54. The van der Waals surface area contributed by atoms with Gasteiger partial charge < -0.3 is 15.7 Å². The predicted molar refractivity (Wildman–Crippen MR) is 122 cm³/mol. The lowest BCUT2D eigenvalue weighted by molar-refractivity contribution is 0.0713. The summed E-state index contributed by atoms with van der Waals surface area (Å²) < 4.78 is 1.84. The molecule has 1 aliphatic heterocycles. The number of aliphatic hydroxyl groups is 1. The lowest BCUT2D eigenvalue weighted by Crippen LogP contribution is -2.45. The molecule has 7 nitrogen and oxygen atoms in total. The Kier molecular flexibility index (Phi) is 6.01. The molecule has 0 unspecified atom stereocenters. The molecule has 3 aromatic rings. The van der Waals surface area contributed by atoms with Crippen molar-refractivity contribution in [3.63, 3.8) is 0 Å². The number of nitrogens with zero attached hydrogens (tertiary/aromatic N) is 3. The van der Waals surface area contributed by atoms with Gasteiger partial charge in [0, 0.05) is 18.9 Å². The molecular weight excluding hydrogens is 402 g/mol. The second kappa shape index (κ2) is 9.22. The molecule has 0 saturated heterocycles. The van der Waals surface area contributed by atoms with Crippen molar-refractivity contribution >= 4 is 5.91 Å². The van der Waals surface area contributed by atoms with Gasteiger partial charge in [0.15, 0.2) is 0 Å². The SMILES string of the molecule is O=C(N[C@H]1CCCC[C@@H]1O)c1cc(Cc2ccc(-n3cccn3)cc2)c2c(n1)CNCC2. The average molecular weight is 432 g/mol. The number of carbonyl (C=O) groups excluding carboxylic acids is 1. The van der Waals surface area contributed by atoms with E-state index >= 15 is 0 Å². The van der Waals surface area contributed by atoms with E-state index in [1.165, 1.54) is 11.1 Å². The van der Waals surface area contributed by atoms with Crippen molar-refractivity contribution in [3.05, 3.63) is 76.9 Å². The third-order valence-corrected chi connectivity index (χ3v) is 6.53. The minimum Gasteiger partial charge on any atom is -0.391 e. The summed E-state index contributed by atoms with van der Waals surface area (Å²) in [5.41, 5.74) is 5.99. The van der Waals surface area contributed by atoms with Crippen molar-refractivity contribution in [3.8, 4) is 5.69 Å². The van der Waals surface area contributed by atoms with Gasteiger partial charge in [0.1, 0.15) is 5.69 Å². The van der Waals surface area contributed by atoms with Gasteiger partial charge in [-0.3, -0.25) is 4.79 Å². The Hall–Kier alpha value is -3.03. The van der Waals surface area contributed by atoms with E-state index in [9.17, 15) is 9.90 Å². The molecule has 2 aromatic heterocycles. The zero-order valence-corrected chi connectivity index (χ0v) is 18.1. The molecule has 1 amide bonds. The van der Waals surface area contributed by atoms with Crippen LogP contribution in [-0.2, 0) is 19.4 Å². The van der Waals surface area contributed by atoms with Crippen molar-refractivity contribution in [2.75, 3.05) is 6.54 Å². The van der Waals surface area contributed by atoms with Crippen molar-refractivity contribution in [2.24, 2.45) is 0 Å². The number of fused-ring (bicyclic) bond motifs is 1. The number of benzene rings is 1. The van der Waals surface area contributed by atoms with Gasteiger partial charge in [-0.1, -0.05) is 25.0 Å². The minimum absolute atomic E-state index is 0.189. The Labute approximate surface area is 187 Å². The average Bonchev–Trinajstić information content (AvgIpc) is 3.36. The maximum Gasteiger partial charge on any atom is 0.270 e. The number of rotatable bonds is 5. The number of amides is 1. The first kappa shape index (κ1) is 20.8. The normalized spacial score (nSPS) is 20.5. The summed E-state index contributed by atoms with van der Waals surface area (Å²) >= 11 is 0. The highest BCUT2D eigenvalue weighted by molar-refractivity contribution is 5.93. The first-order chi connectivity index (χ1) is 15.7. The largest absolute Gasteiger partial charge is 0.391 e. The molecule has 0 bridgehead atoms. The fraction of sp³-hybridized carbons (Fsp3) is 0.400. The van der Waals surface area contributed by atoms with Gasteiger partial charge in [0.05, 0.1) is 23.5 Å². The summed E-state index contributed by atoms with van der Waals surface area (Å²) in [6.45, 7) is 1.59. The van der Waals surface area contributed by atoms with Crippen molar-refractivity contribution in [2.45, 2.75) is 57.2 Å².